The summed E-state index contributed by atoms with van der Waals surface area (Å²) >= 11 is 0. The first-order valence-corrected chi connectivity index (χ1v) is 5.48. The molecule has 18 heavy (non-hydrogen) atoms. The fraction of sp³-hybridized carbons (Fsp3) is 0.364. The maximum Gasteiger partial charge on any atom is 0.326 e. The van der Waals surface area contributed by atoms with Crippen molar-refractivity contribution in [1.82, 2.24) is 20.6 Å². The van der Waals surface area contributed by atoms with Gasteiger partial charge in [0, 0.05) is 24.9 Å². The molecular formula is C11H16N4O3. The summed E-state index contributed by atoms with van der Waals surface area (Å²) in [6.45, 7) is 3.84. The van der Waals surface area contributed by atoms with Crippen molar-refractivity contribution in [3.63, 3.8) is 0 Å². The lowest BCUT2D eigenvalue weighted by atomic mass is 10.2. The molecule has 2 amide bonds. The number of imidazole rings is 1. The van der Waals surface area contributed by atoms with Crippen LogP contribution in [0.5, 0.6) is 0 Å². The summed E-state index contributed by atoms with van der Waals surface area (Å²) < 4.78 is 0. The lowest BCUT2D eigenvalue weighted by molar-refractivity contribution is -0.139. The van der Waals surface area contributed by atoms with E-state index in [1.54, 1.807) is 12.5 Å². The molecule has 0 radical (unpaired) electrons. The molecule has 7 nitrogen and oxygen atoms in total. The normalized spacial score (nSPS) is 11.6. The minimum absolute atomic E-state index is 0.184. The van der Waals surface area contributed by atoms with E-state index in [4.69, 9.17) is 5.11 Å². The Hall–Kier alpha value is -2.31. The number of H-pyrrole nitrogens is 1. The SMILES string of the molecule is C=CCC(NC(=O)NCCc1cnc[nH]1)C(=O)O. The number of hydrogen-bond acceptors (Lipinski definition) is 3. The molecule has 1 aromatic heterocycles. The molecule has 0 saturated heterocycles. The third kappa shape index (κ3) is 4.69. The fourth-order valence-electron chi connectivity index (χ4n) is 1.33. The standard InChI is InChI=1S/C11H16N4O3/c1-2-3-9(10(16)17)15-11(18)13-5-4-8-6-12-7-14-8/h2,6-7,9H,1,3-5H2,(H,12,14)(H,16,17)(H2,13,15,18). The average Bonchev–Trinajstić information content (AvgIpc) is 2.81. The number of carboxylic acid groups (broad SMARTS) is 1. The molecule has 4 N–H and O–H groups in total. The van der Waals surface area contributed by atoms with Crippen molar-refractivity contribution < 1.29 is 14.7 Å². The van der Waals surface area contributed by atoms with Crippen LogP contribution < -0.4 is 10.6 Å². The van der Waals surface area contributed by atoms with Crippen molar-refractivity contribution in [2.75, 3.05) is 6.54 Å². The smallest absolute Gasteiger partial charge is 0.326 e. The summed E-state index contributed by atoms with van der Waals surface area (Å²) in [6, 6.07) is -1.46. The van der Waals surface area contributed by atoms with Crippen LogP contribution >= 0.6 is 0 Å². The van der Waals surface area contributed by atoms with E-state index in [0.29, 0.717) is 13.0 Å². The summed E-state index contributed by atoms with van der Waals surface area (Å²) in [7, 11) is 0. The Morgan fingerprint density at radius 1 is 1.61 bits per heavy atom. The molecular weight excluding hydrogens is 236 g/mol. The van der Waals surface area contributed by atoms with E-state index in [9.17, 15) is 9.59 Å². The van der Waals surface area contributed by atoms with Crippen LogP contribution in [0, 0.1) is 0 Å². The summed E-state index contributed by atoms with van der Waals surface area (Å²) in [5.74, 6) is -1.08. The van der Waals surface area contributed by atoms with Crippen molar-refractivity contribution in [2.24, 2.45) is 0 Å². The van der Waals surface area contributed by atoms with E-state index in [0.717, 1.165) is 5.69 Å². The Balaban J connectivity index is 2.27. The number of nitrogens with one attached hydrogen (secondary N) is 3. The predicted molar refractivity (Wildman–Crippen MR) is 65.1 cm³/mol. The molecule has 98 valence electrons. The molecule has 1 aromatic rings. The third-order valence-corrected chi connectivity index (χ3v) is 2.24. The van der Waals surface area contributed by atoms with Gasteiger partial charge in [-0.25, -0.2) is 14.6 Å². The Morgan fingerprint density at radius 2 is 2.39 bits per heavy atom. The Bertz CT molecular complexity index is 402. The van der Waals surface area contributed by atoms with E-state index >= 15 is 0 Å². The quantitative estimate of drug-likeness (QED) is 0.523. The van der Waals surface area contributed by atoms with Crippen LogP contribution in [0.3, 0.4) is 0 Å². The highest BCUT2D eigenvalue weighted by molar-refractivity contribution is 5.82. The van der Waals surface area contributed by atoms with Gasteiger partial charge in [0.25, 0.3) is 0 Å². The number of carbonyl (C=O) groups is 2. The summed E-state index contributed by atoms with van der Waals surface area (Å²) in [6.07, 6.45) is 5.46. The minimum atomic E-state index is -1.08. The van der Waals surface area contributed by atoms with Gasteiger partial charge in [0.15, 0.2) is 0 Å². The number of rotatable bonds is 7. The van der Waals surface area contributed by atoms with Gasteiger partial charge < -0.3 is 20.7 Å². The van der Waals surface area contributed by atoms with Crippen molar-refractivity contribution in [3.8, 4) is 0 Å². The maximum atomic E-state index is 11.4. The molecule has 0 aliphatic rings. The van der Waals surface area contributed by atoms with Gasteiger partial charge in [-0.3, -0.25) is 0 Å². The molecule has 0 aromatic carbocycles. The van der Waals surface area contributed by atoms with E-state index in [2.05, 4.69) is 27.2 Å². The number of carboxylic acids is 1. The minimum Gasteiger partial charge on any atom is -0.480 e. The second-order valence-corrected chi connectivity index (χ2v) is 3.64. The van der Waals surface area contributed by atoms with Crippen LogP contribution in [0.1, 0.15) is 12.1 Å². The van der Waals surface area contributed by atoms with Gasteiger partial charge in [-0.15, -0.1) is 6.58 Å². The molecule has 0 aliphatic carbocycles. The molecule has 1 rings (SSSR count). The fourth-order valence-corrected chi connectivity index (χ4v) is 1.33. The van der Waals surface area contributed by atoms with Gasteiger partial charge in [-0.2, -0.15) is 0 Å². The molecule has 1 heterocycles. The topological polar surface area (TPSA) is 107 Å². The highest BCUT2D eigenvalue weighted by Crippen LogP contribution is 1.93. The number of amides is 2. The van der Waals surface area contributed by atoms with Gasteiger partial charge in [-0.1, -0.05) is 6.08 Å². The van der Waals surface area contributed by atoms with Crippen LogP contribution in [-0.4, -0.2) is 39.7 Å². The zero-order valence-corrected chi connectivity index (χ0v) is 9.85. The molecule has 1 atom stereocenters. The molecule has 7 heteroatoms. The van der Waals surface area contributed by atoms with Crippen molar-refractivity contribution in [1.29, 1.82) is 0 Å². The number of urea groups is 1. The second-order valence-electron chi connectivity index (χ2n) is 3.64. The van der Waals surface area contributed by atoms with Crippen molar-refractivity contribution >= 4 is 12.0 Å². The Labute approximate surface area is 104 Å². The Morgan fingerprint density at radius 3 is 2.94 bits per heavy atom. The number of hydrogen-bond donors (Lipinski definition) is 4. The molecule has 0 fully saturated rings. The summed E-state index contributed by atoms with van der Waals surface area (Å²) in [5.41, 5.74) is 0.899. The van der Waals surface area contributed by atoms with E-state index in [1.165, 1.54) is 6.08 Å². The molecule has 0 saturated carbocycles. The maximum absolute atomic E-state index is 11.4. The highest BCUT2D eigenvalue weighted by atomic mass is 16.4. The van der Waals surface area contributed by atoms with Crippen LogP contribution in [-0.2, 0) is 11.2 Å². The van der Waals surface area contributed by atoms with Crippen LogP contribution in [0.15, 0.2) is 25.2 Å². The zero-order chi connectivity index (χ0) is 13.4. The number of aromatic amines is 1. The monoisotopic (exact) mass is 252 g/mol. The van der Waals surface area contributed by atoms with E-state index in [1.807, 2.05) is 0 Å². The van der Waals surface area contributed by atoms with Gasteiger partial charge in [0.1, 0.15) is 6.04 Å². The number of nitrogens with zero attached hydrogens (tertiary/aromatic N) is 1. The highest BCUT2D eigenvalue weighted by Gasteiger charge is 2.17. The number of carbonyl (C=O) groups excluding carboxylic acids is 1. The second kappa shape index (κ2) is 7.10. The first-order chi connectivity index (χ1) is 8.63. The summed E-state index contributed by atoms with van der Waals surface area (Å²) in [4.78, 5) is 28.9. The number of aliphatic carboxylic acids is 1. The number of aromatic nitrogens is 2. The lowest BCUT2D eigenvalue weighted by Crippen LogP contribution is -2.46. The predicted octanol–water partition coefficient (Wildman–Crippen LogP) is 0.281. The van der Waals surface area contributed by atoms with Crippen LogP contribution in [0.4, 0.5) is 4.79 Å². The average molecular weight is 252 g/mol. The first-order valence-electron chi connectivity index (χ1n) is 5.48. The molecule has 0 bridgehead atoms. The molecule has 0 aliphatic heterocycles. The molecule has 1 unspecified atom stereocenters. The van der Waals surface area contributed by atoms with E-state index < -0.39 is 18.0 Å². The largest absolute Gasteiger partial charge is 0.480 e. The third-order valence-electron chi connectivity index (χ3n) is 2.24. The van der Waals surface area contributed by atoms with Crippen molar-refractivity contribution in [3.05, 3.63) is 30.9 Å². The van der Waals surface area contributed by atoms with Crippen LogP contribution in [0.2, 0.25) is 0 Å². The van der Waals surface area contributed by atoms with Crippen LogP contribution in [0.25, 0.3) is 0 Å². The zero-order valence-electron chi connectivity index (χ0n) is 9.85. The first kappa shape index (κ1) is 13.8. The van der Waals surface area contributed by atoms with Gasteiger partial charge >= 0.3 is 12.0 Å². The van der Waals surface area contributed by atoms with Crippen molar-refractivity contribution in [2.45, 2.75) is 18.9 Å². The Kier molecular flexibility index (Phi) is 5.43. The summed E-state index contributed by atoms with van der Waals surface area (Å²) in [5, 5.41) is 13.7. The molecule has 0 spiro atoms. The van der Waals surface area contributed by atoms with Gasteiger partial charge in [-0.05, 0) is 6.42 Å². The van der Waals surface area contributed by atoms with Gasteiger partial charge in [0.05, 0.1) is 6.33 Å². The van der Waals surface area contributed by atoms with E-state index in [-0.39, 0.29) is 6.42 Å². The lowest BCUT2D eigenvalue weighted by Gasteiger charge is -2.13. The van der Waals surface area contributed by atoms with Gasteiger partial charge in [0.2, 0.25) is 0 Å².